The third-order valence-electron chi connectivity index (χ3n) is 4.97. The fourth-order valence-electron chi connectivity index (χ4n) is 3.58. The minimum Gasteiger partial charge on any atom is -0.339 e. The lowest BCUT2D eigenvalue weighted by molar-refractivity contribution is 0.382. The number of aryl methyl sites for hydroxylation is 1. The predicted molar refractivity (Wildman–Crippen MR) is 101 cm³/mol. The minimum atomic E-state index is -0.427. The third kappa shape index (κ3) is 3.05. The highest BCUT2D eigenvalue weighted by Gasteiger charge is 2.25. The summed E-state index contributed by atoms with van der Waals surface area (Å²) in [4.78, 5) is 30.6. The monoisotopic (exact) mass is 377 g/mol. The van der Waals surface area contributed by atoms with Crippen molar-refractivity contribution in [2.45, 2.75) is 45.7 Å². The number of benzene rings is 1. The third-order valence-corrected chi connectivity index (χ3v) is 4.97. The van der Waals surface area contributed by atoms with Crippen LogP contribution in [0.2, 0.25) is 0 Å². The van der Waals surface area contributed by atoms with Crippen LogP contribution >= 0.6 is 0 Å². The van der Waals surface area contributed by atoms with Gasteiger partial charge in [0.05, 0.1) is 18.2 Å². The normalized spacial score (nSPS) is 13.1. The zero-order valence-electron chi connectivity index (χ0n) is 15.5. The molecule has 0 atom stereocenters. The van der Waals surface area contributed by atoms with Crippen LogP contribution in [-0.2, 0) is 25.9 Å². The summed E-state index contributed by atoms with van der Waals surface area (Å²) in [6, 6.07) is 8.97. The van der Waals surface area contributed by atoms with Crippen LogP contribution in [0.15, 0.2) is 38.4 Å². The Hall–Kier alpha value is -3.47. The SMILES string of the molecule is CCc1nc(-c2c3n(c(=O)n(Cc4cccc(C#N)c4)c2=O)CCCC3)no1. The first-order valence-electron chi connectivity index (χ1n) is 9.31. The Balaban J connectivity index is 1.91. The zero-order chi connectivity index (χ0) is 19.7. The Morgan fingerprint density at radius 2 is 2.14 bits per heavy atom. The predicted octanol–water partition coefficient (Wildman–Crippen LogP) is 1.88. The average molecular weight is 377 g/mol. The molecular formula is C20H19N5O3. The molecule has 8 nitrogen and oxygen atoms in total. The topological polar surface area (TPSA) is 107 Å². The molecule has 0 radical (unpaired) electrons. The van der Waals surface area contributed by atoms with E-state index in [-0.39, 0.29) is 18.1 Å². The number of nitrogens with zero attached hydrogens (tertiary/aromatic N) is 5. The number of hydrogen-bond donors (Lipinski definition) is 0. The Morgan fingerprint density at radius 1 is 1.29 bits per heavy atom. The second kappa shape index (κ2) is 7.27. The molecule has 8 heteroatoms. The van der Waals surface area contributed by atoms with Gasteiger partial charge in [-0.2, -0.15) is 10.2 Å². The van der Waals surface area contributed by atoms with E-state index in [1.54, 1.807) is 28.8 Å². The molecule has 1 aliphatic rings. The van der Waals surface area contributed by atoms with Crippen LogP contribution in [0, 0.1) is 11.3 Å². The molecule has 28 heavy (non-hydrogen) atoms. The molecule has 3 aromatic rings. The van der Waals surface area contributed by atoms with Crippen molar-refractivity contribution in [3.8, 4) is 17.5 Å². The molecule has 0 unspecified atom stereocenters. The summed E-state index contributed by atoms with van der Waals surface area (Å²) in [5, 5.41) is 13.1. The molecule has 0 saturated heterocycles. The average Bonchev–Trinajstić information content (AvgIpc) is 3.20. The van der Waals surface area contributed by atoms with Gasteiger partial charge < -0.3 is 4.52 Å². The molecule has 4 rings (SSSR count). The molecule has 1 aliphatic heterocycles. The van der Waals surface area contributed by atoms with E-state index in [9.17, 15) is 9.59 Å². The van der Waals surface area contributed by atoms with Gasteiger partial charge in [0.15, 0.2) is 0 Å². The summed E-state index contributed by atoms with van der Waals surface area (Å²) in [6.07, 6.45) is 2.97. The van der Waals surface area contributed by atoms with E-state index >= 15 is 0 Å². The van der Waals surface area contributed by atoms with Crippen molar-refractivity contribution < 1.29 is 4.52 Å². The van der Waals surface area contributed by atoms with Gasteiger partial charge in [-0.1, -0.05) is 24.2 Å². The number of hydrogen-bond acceptors (Lipinski definition) is 6. The van der Waals surface area contributed by atoms with Crippen molar-refractivity contribution in [1.82, 2.24) is 19.3 Å². The molecule has 2 aromatic heterocycles. The number of fused-ring (bicyclic) bond motifs is 1. The highest BCUT2D eigenvalue weighted by molar-refractivity contribution is 5.57. The Kier molecular flexibility index (Phi) is 4.65. The Bertz CT molecular complexity index is 1200. The summed E-state index contributed by atoms with van der Waals surface area (Å²) in [5.41, 5.74) is 1.43. The van der Waals surface area contributed by atoms with Gasteiger partial charge in [-0.05, 0) is 37.0 Å². The quantitative estimate of drug-likeness (QED) is 0.687. The molecule has 142 valence electrons. The lowest BCUT2D eigenvalue weighted by Crippen LogP contribution is -2.44. The van der Waals surface area contributed by atoms with Crippen LogP contribution in [0.5, 0.6) is 0 Å². The summed E-state index contributed by atoms with van der Waals surface area (Å²) in [6.45, 7) is 2.53. The van der Waals surface area contributed by atoms with Crippen LogP contribution < -0.4 is 11.2 Å². The summed E-state index contributed by atoms with van der Waals surface area (Å²) < 4.78 is 8.05. The number of aromatic nitrogens is 4. The Morgan fingerprint density at radius 3 is 2.89 bits per heavy atom. The van der Waals surface area contributed by atoms with Crippen molar-refractivity contribution >= 4 is 0 Å². The standard InChI is InChI=1S/C20H19N5O3/c1-2-16-22-18(23-28-16)17-15-8-3-4-9-24(15)20(27)25(19(17)26)12-14-7-5-6-13(10-14)11-21/h5-7,10H,2-4,8-9,12H2,1H3. The smallest absolute Gasteiger partial charge is 0.331 e. The van der Waals surface area contributed by atoms with Crippen LogP contribution in [-0.4, -0.2) is 19.3 Å². The molecule has 0 fully saturated rings. The van der Waals surface area contributed by atoms with E-state index in [2.05, 4.69) is 16.2 Å². The first-order valence-corrected chi connectivity index (χ1v) is 9.31. The van der Waals surface area contributed by atoms with Gasteiger partial charge in [0.1, 0.15) is 5.56 Å². The zero-order valence-corrected chi connectivity index (χ0v) is 15.5. The van der Waals surface area contributed by atoms with Gasteiger partial charge in [0, 0.05) is 18.7 Å². The molecular weight excluding hydrogens is 358 g/mol. The summed E-state index contributed by atoms with van der Waals surface area (Å²) in [5.74, 6) is 0.676. The molecule has 0 spiro atoms. The van der Waals surface area contributed by atoms with E-state index in [0.29, 0.717) is 47.7 Å². The van der Waals surface area contributed by atoms with Gasteiger partial charge in [0.25, 0.3) is 5.56 Å². The highest BCUT2D eigenvalue weighted by Crippen LogP contribution is 2.22. The van der Waals surface area contributed by atoms with Crippen molar-refractivity contribution in [2.24, 2.45) is 0 Å². The first kappa shape index (κ1) is 17.9. The van der Waals surface area contributed by atoms with Crippen molar-refractivity contribution in [3.63, 3.8) is 0 Å². The van der Waals surface area contributed by atoms with E-state index in [0.717, 1.165) is 12.8 Å². The van der Waals surface area contributed by atoms with Crippen molar-refractivity contribution in [2.75, 3.05) is 0 Å². The molecule has 0 saturated carbocycles. The molecule has 3 heterocycles. The van der Waals surface area contributed by atoms with Gasteiger partial charge in [-0.3, -0.25) is 13.9 Å². The van der Waals surface area contributed by atoms with E-state index in [1.807, 2.05) is 6.92 Å². The van der Waals surface area contributed by atoms with Crippen LogP contribution in [0.1, 0.15) is 42.5 Å². The molecule has 0 amide bonds. The molecule has 1 aromatic carbocycles. The second-order valence-corrected chi connectivity index (χ2v) is 6.78. The van der Waals surface area contributed by atoms with E-state index in [1.165, 1.54) is 4.57 Å². The fourth-order valence-corrected chi connectivity index (χ4v) is 3.58. The van der Waals surface area contributed by atoms with Crippen LogP contribution in [0.3, 0.4) is 0 Å². The molecule has 0 bridgehead atoms. The lowest BCUT2D eigenvalue weighted by atomic mass is 10.0. The van der Waals surface area contributed by atoms with Gasteiger partial charge in [0.2, 0.25) is 11.7 Å². The highest BCUT2D eigenvalue weighted by atomic mass is 16.5. The van der Waals surface area contributed by atoms with Gasteiger partial charge in [-0.25, -0.2) is 4.79 Å². The maximum atomic E-state index is 13.3. The fraction of sp³-hybridized carbons (Fsp3) is 0.350. The molecule has 0 N–H and O–H groups in total. The first-order chi connectivity index (χ1) is 13.6. The maximum absolute atomic E-state index is 13.3. The summed E-state index contributed by atoms with van der Waals surface area (Å²) in [7, 11) is 0. The van der Waals surface area contributed by atoms with Gasteiger partial charge in [-0.15, -0.1) is 0 Å². The van der Waals surface area contributed by atoms with E-state index in [4.69, 9.17) is 9.78 Å². The molecule has 0 aliphatic carbocycles. The van der Waals surface area contributed by atoms with Crippen molar-refractivity contribution in [1.29, 1.82) is 5.26 Å². The summed E-state index contributed by atoms with van der Waals surface area (Å²) >= 11 is 0. The number of nitriles is 1. The Labute approximate surface area is 160 Å². The second-order valence-electron chi connectivity index (χ2n) is 6.78. The minimum absolute atomic E-state index is 0.0823. The van der Waals surface area contributed by atoms with Crippen molar-refractivity contribution in [3.05, 3.63) is 67.8 Å². The van der Waals surface area contributed by atoms with Crippen LogP contribution in [0.25, 0.3) is 11.4 Å². The lowest BCUT2D eigenvalue weighted by Gasteiger charge is -2.21. The van der Waals surface area contributed by atoms with E-state index < -0.39 is 5.56 Å². The number of rotatable bonds is 4. The maximum Gasteiger partial charge on any atom is 0.331 e. The van der Waals surface area contributed by atoms with Gasteiger partial charge >= 0.3 is 5.69 Å². The largest absolute Gasteiger partial charge is 0.339 e. The van der Waals surface area contributed by atoms with Crippen LogP contribution in [0.4, 0.5) is 0 Å².